The van der Waals surface area contributed by atoms with Crippen molar-refractivity contribution in [2.45, 2.75) is 13.1 Å². The Morgan fingerprint density at radius 2 is 1.89 bits per heavy atom. The van der Waals surface area contributed by atoms with Crippen molar-refractivity contribution < 1.29 is 13.2 Å². The van der Waals surface area contributed by atoms with Crippen LogP contribution in [0.3, 0.4) is 0 Å². The van der Waals surface area contributed by atoms with E-state index in [9.17, 15) is 13.2 Å². The summed E-state index contributed by atoms with van der Waals surface area (Å²) in [5.74, 6) is 0. The number of rotatable bonds is 1. The van der Waals surface area contributed by atoms with Gasteiger partial charge in [-0.05, 0) is 31.2 Å². The lowest BCUT2D eigenvalue weighted by Crippen LogP contribution is -2.05. The molecule has 6 heteroatoms. The van der Waals surface area contributed by atoms with Crippen molar-refractivity contribution in [1.29, 1.82) is 0 Å². The van der Waals surface area contributed by atoms with Crippen molar-refractivity contribution in [1.82, 2.24) is 9.78 Å². The molecule has 1 heterocycles. The molecule has 18 heavy (non-hydrogen) atoms. The number of hydrogen-bond acceptors (Lipinski definition) is 1. The Hall–Kier alpha value is -1.49. The summed E-state index contributed by atoms with van der Waals surface area (Å²) < 4.78 is 39.5. The van der Waals surface area contributed by atoms with Crippen molar-refractivity contribution in [2.75, 3.05) is 0 Å². The van der Waals surface area contributed by atoms with E-state index in [1.165, 1.54) is 10.7 Å². The first-order valence-corrected chi connectivity index (χ1v) is 5.54. The van der Waals surface area contributed by atoms with Gasteiger partial charge in [0.25, 0.3) is 0 Å². The van der Waals surface area contributed by atoms with Crippen molar-refractivity contribution in [2.24, 2.45) is 7.05 Å². The van der Waals surface area contributed by atoms with Crippen LogP contribution in [0.4, 0.5) is 13.2 Å². The zero-order chi connectivity index (χ0) is 13.5. The molecule has 0 spiro atoms. The highest BCUT2D eigenvalue weighted by Gasteiger charge is 2.31. The SMILES string of the molecule is Cc1cc(-c2cc(C(F)(F)F)ccc2Cl)n(C)n1. The molecule has 0 radical (unpaired) electrons. The van der Waals surface area contributed by atoms with E-state index < -0.39 is 11.7 Å². The molecule has 0 atom stereocenters. The minimum absolute atomic E-state index is 0.269. The maximum Gasteiger partial charge on any atom is 0.416 e. The van der Waals surface area contributed by atoms with Crippen molar-refractivity contribution in [3.05, 3.63) is 40.5 Å². The predicted octanol–water partition coefficient (Wildman–Crippen LogP) is 4.07. The third kappa shape index (κ3) is 2.36. The summed E-state index contributed by atoms with van der Waals surface area (Å²) in [4.78, 5) is 0. The number of halogens is 4. The normalized spacial score (nSPS) is 11.9. The molecular formula is C12H10ClF3N2. The van der Waals surface area contributed by atoms with Crippen molar-refractivity contribution in [3.63, 3.8) is 0 Å². The summed E-state index contributed by atoms with van der Waals surface area (Å²) in [7, 11) is 1.67. The smallest absolute Gasteiger partial charge is 0.268 e. The molecule has 0 aliphatic rings. The van der Waals surface area contributed by atoms with E-state index in [1.807, 2.05) is 0 Å². The molecule has 2 aromatic rings. The summed E-state index contributed by atoms with van der Waals surface area (Å²) in [5, 5.41) is 4.37. The van der Waals surface area contributed by atoms with Crippen LogP contribution in [-0.2, 0) is 13.2 Å². The second-order valence-electron chi connectivity index (χ2n) is 3.99. The maximum atomic E-state index is 12.7. The van der Waals surface area contributed by atoms with Gasteiger partial charge < -0.3 is 0 Å². The second-order valence-corrected chi connectivity index (χ2v) is 4.39. The van der Waals surface area contributed by atoms with Gasteiger partial charge in [-0.2, -0.15) is 18.3 Å². The van der Waals surface area contributed by atoms with E-state index in [0.29, 0.717) is 11.3 Å². The Kier molecular flexibility index (Phi) is 3.11. The molecule has 0 saturated carbocycles. The van der Waals surface area contributed by atoms with E-state index in [-0.39, 0.29) is 5.02 Å². The van der Waals surface area contributed by atoms with Gasteiger partial charge in [-0.15, -0.1) is 0 Å². The van der Waals surface area contributed by atoms with Gasteiger partial charge in [0.1, 0.15) is 0 Å². The molecule has 0 unspecified atom stereocenters. The van der Waals surface area contributed by atoms with Gasteiger partial charge in [0.15, 0.2) is 0 Å². The molecule has 0 fully saturated rings. The molecule has 0 N–H and O–H groups in total. The van der Waals surface area contributed by atoms with E-state index >= 15 is 0 Å². The largest absolute Gasteiger partial charge is 0.416 e. The lowest BCUT2D eigenvalue weighted by atomic mass is 10.1. The number of hydrogen-bond donors (Lipinski definition) is 0. The molecule has 0 aliphatic carbocycles. The van der Waals surface area contributed by atoms with Gasteiger partial charge in [0, 0.05) is 17.6 Å². The fourth-order valence-corrected chi connectivity index (χ4v) is 1.97. The first kappa shape index (κ1) is 13.0. The topological polar surface area (TPSA) is 17.8 Å². The Morgan fingerprint density at radius 3 is 2.39 bits per heavy atom. The minimum Gasteiger partial charge on any atom is -0.268 e. The molecule has 1 aromatic carbocycles. The zero-order valence-electron chi connectivity index (χ0n) is 9.72. The quantitative estimate of drug-likeness (QED) is 0.766. The van der Waals surface area contributed by atoms with E-state index in [1.54, 1.807) is 20.0 Å². The second kappa shape index (κ2) is 4.31. The summed E-state index contributed by atoms with van der Waals surface area (Å²) in [6, 6.07) is 4.96. The van der Waals surface area contributed by atoms with Crippen molar-refractivity contribution >= 4 is 11.6 Å². The average Bonchev–Trinajstić information content (AvgIpc) is 2.56. The van der Waals surface area contributed by atoms with E-state index in [4.69, 9.17) is 11.6 Å². The summed E-state index contributed by atoms with van der Waals surface area (Å²) in [5.41, 5.74) is 0.889. The maximum absolute atomic E-state index is 12.7. The Balaban J connectivity index is 2.60. The molecule has 2 rings (SSSR count). The fraction of sp³-hybridized carbons (Fsp3) is 0.250. The lowest BCUT2D eigenvalue weighted by molar-refractivity contribution is -0.137. The fourth-order valence-electron chi connectivity index (χ4n) is 1.76. The van der Waals surface area contributed by atoms with Crippen LogP contribution in [0.25, 0.3) is 11.3 Å². The molecule has 0 bridgehead atoms. The Bertz CT molecular complexity index is 587. The summed E-state index contributed by atoms with van der Waals surface area (Å²) in [6.45, 7) is 1.77. The zero-order valence-corrected chi connectivity index (χ0v) is 10.5. The van der Waals surface area contributed by atoms with Crippen molar-refractivity contribution in [3.8, 4) is 11.3 Å². The van der Waals surface area contributed by atoms with Crippen LogP contribution in [-0.4, -0.2) is 9.78 Å². The number of aryl methyl sites for hydroxylation is 2. The minimum atomic E-state index is -4.38. The molecule has 0 amide bonds. The number of nitrogens with zero attached hydrogens (tertiary/aromatic N) is 2. The molecule has 1 aromatic heterocycles. The highest BCUT2D eigenvalue weighted by atomic mass is 35.5. The Labute approximate surface area is 107 Å². The first-order chi connectivity index (χ1) is 8.29. The highest BCUT2D eigenvalue weighted by molar-refractivity contribution is 6.33. The highest BCUT2D eigenvalue weighted by Crippen LogP contribution is 2.35. The predicted molar refractivity (Wildman–Crippen MR) is 63.4 cm³/mol. The number of aromatic nitrogens is 2. The van der Waals surface area contributed by atoms with E-state index in [0.717, 1.165) is 17.8 Å². The third-order valence-electron chi connectivity index (χ3n) is 2.57. The van der Waals surface area contributed by atoms with Gasteiger partial charge in [-0.25, -0.2) is 0 Å². The monoisotopic (exact) mass is 274 g/mol. The van der Waals surface area contributed by atoms with Crippen LogP contribution in [0.5, 0.6) is 0 Å². The molecule has 0 saturated heterocycles. The Morgan fingerprint density at radius 1 is 1.22 bits per heavy atom. The molecule has 96 valence electrons. The lowest BCUT2D eigenvalue weighted by Gasteiger charge is -2.10. The summed E-state index contributed by atoms with van der Waals surface area (Å²) in [6.07, 6.45) is -4.38. The van der Waals surface area contributed by atoms with Gasteiger partial charge in [0.2, 0.25) is 0 Å². The van der Waals surface area contributed by atoms with Gasteiger partial charge in [0.05, 0.1) is 17.0 Å². The van der Waals surface area contributed by atoms with Crippen LogP contribution in [0.2, 0.25) is 5.02 Å². The van der Waals surface area contributed by atoms with Gasteiger partial charge in [-0.3, -0.25) is 4.68 Å². The van der Waals surface area contributed by atoms with Crippen LogP contribution < -0.4 is 0 Å². The van der Waals surface area contributed by atoms with Crippen LogP contribution >= 0.6 is 11.6 Å². The third-order valence-corrected chi connectivity index (χ3v) is 2.90. The molecular weight excluding hydrogens is 265 g/mol. The average molecular weight is 275 g/mol. The van der Waals surface area contributed by atoms with Crippen LogP contribution in [0.15, 0.2) is 24.3 Å². The van der Waals surface area contributed by atoms with Gasteiger partial charge in [-0.1, -0.05) is 11.6 Å². The molecule has 0 aliphatic heterocycles. The van der Waals surface area contributed by atoms with Gasteiger partial charge >= 0.3 is 6.18 Å². The first-order valence-electron chi connectivity index (χ1n) is 5.17. The number of benzene rings is 1. The van der Waals surface area contributed by atoms with Crippen LogP contribution in [0.1, 0.15) is 11.3 Å². The summed E-state index contributed by atoms with van der Waals surface area (Å²) >= 11 is 5.95. The van der Waals surface area contributed by atoms with Crippen LogP contribution in [0, 0.1) is 6.92 Å². The standard InChI is InChI=1S/C12H10ClF3N2/c1-7-5-11(18(2)17-7)9-6-8(12(14,15)16)3-4-10(9)13/h3-6H,1-2H3. The van der Waals surface area contributed by atoms with E-state index in [2.05, 4.69) is 5.10 Å². The number of alkyl halides is 3. The molecule has 2 nitrogen and oxygen atoms in total.